The van der Waals surface area contributed by atoms with Gasteiger partial charge in [-0.05, 0) is 40.7 Å². The summed E-state index contributed by atoms with van der Waals surface area (Å²) in [6.45, 7) is 12.7. The molecule has 5 heteroatoms. The monoisotopic (exact) mass is 272 g/mol. The molecule has 0 radical (unpaired) electrons. The second kappa shape index (κ2) is 6.20. The van der Waals surface area contributed by atoms with Crippen LogP contribution in [0.3, 0.4) is 0 Å². The molecule has 5 nitrogen and oxygen atoms in total. The predicted molar refractivity (Wildman–Crippen MR) is 75.4 cm³/mol. The van der Waals surface area contributed by atoms with Crippen molar-refractivity contribution >= 4 is 5.97 Å². The number of carboxylic acid groups (broad SMARTS) is 1. The molecular formula is C14H28N2O3. The molecule has 0 spiro atoms. The van der Waals surface area contributed by atoms with Crippen molar-refractivity contribution in [2.24, 2.45) is 0 Å². The number of hydrogen-bond acceptors (Lipinski definition) is 4. The summed E-state index contributed by atoms with van der Waals surface area (Å²) in [5.74, 6) is -0.794. The molecule has 1 aliphatic heterocycles. The van der Waals surface area contributed by atoms with Crippen molar-refractivity contribution in [3.63, 3.8) is 0 Å². The Morgan fingerprint density at radius 3 is 2.68 bits per heavy atom. The van der Waals surface area contributed by atoms with Crippen LogP contribution < -0.4 is 5.32 Å². The average molecular weight is 272 g/mol. The van der Waals surface area contributed by atoms with Crippen LogP contribution >= 0.6 is 0 Å². The van der Waals surface area contributed by atoms with Crippen LogP contribution in [-0.4, -0.2) is 59.4 Å². The Kier molecular flexibility index (Phi) is 5.35. The van der Waals surface area contributed by atoms with E-state index in [-0.39, 0.29) is 11.7 Å². The SMILES string of the molecule is CCCNC(C)(CN1CC(C)OC(C)(C)C1)C(=O)O. The maximum absolute atomic E-state index is 11.5. The molecule has 1 saturated heterocycles. The van der Waals surface area contributed by atoms with E-state index in [0.717, 1.165) is 19.5 Å². The van der Waals surface area contributed by atoms with Crippen molar-refractivity contribution in [1.82, 2.24) is 10.2 Å². The summed E-state index contributed by atoms with van der Waals surface area (Å²) in [7, 11) is 0. The molecule has 1 heterocycles. The summed E-state index contributed by atoms with van der Waals surface area (Å²) in [5.41, 5.74) is -1.12. The highest BCUT2D eigenvalue weighted by Gasteiger charge is 2.39. The molecule has 0 amide bonds. The Balaban J connectivity index is 2.71. The minimum atomic E-state index is -0.900. The first-order chi connectivity index (χ1) is 8.68. The third kappa shape index (κ3) is 4.75. The fourth-order valence-corrected chi connectivity index (χ4v) is 2.75. The van der Waals surface area contributed by atoms with E-state index in [4.69, 9.17) is 4.74 Å². The van der Waals surface area contributed by atoms with Gasteiger partial charge in [0.1, 0.15) is 5.54 Å². The zero-order valence-electron chi connectivity index (χ0n) is 12.8. The third-order valence-electron chi connectivity index (χ3n) is 3.42. The highest BCUT2D eigenvalue weighted by molar-refractivity contribution is 5.78. The molecule has 1 aliphatic rings. The van der Waals surface area contributed by atoms with Gasteiger partial charge in [0.2, 0.25) is 0 Å². The molecule has 2 atom stereocenters. The van der Waals surface area contributed by atoms with Gasteiger partial charge in [-0.3, -0.25) is 9.69 Å². The van der Waals surface area contributed by atoms with Crippen LogP contribution in [0.1, 0.15) is 41.0 Å². The molecule has 19 heavy (non-hydrogen) atoms. The third-order valence-corrected chi connectivity index (χ3v) is 3.42. The van der Waals surface area contributed by atoms with Gasteiger partial charge < -0.3 is 15.2 Å². The summed E-state index contributed by atoms with van der Waals surface area (Å²) in [4.78, 5) is 13.7. The van der Waals surface area contributed by atoms with Crippen molar-refractivity contribution in [3.8, 4) is 0 Å². The van der Waals surface area contributed by atoms with E-state index in [2.05, 4.69) is 10.2 Å². The number of ether oxygens (including phenoxy) is 1. The van der Waals surface area contributed by atoms with Crippen LogP contribution in [0.25, 0.3) is 0 Å². The molecule has 0 aliphatic carbocycles. The Labute approximate surface area is 116 Å². The number of nitrogens with zero attached hydrogens (tertiary/aromatic N) is 1. The molecule has 1 rings (SSSR count). The number of carboxylic acids is 1. The van der Waals surface area contributed by atoms with E-state index >= 15 is 0 Å². The van der Waals surface area contributed by atoms with Crippen LogP contribution in [-0.2, 0) is 9.53 Å². The Hall–Kier alpha value is -0.650. The molecule has 1 fully saturated rings. The molecule has 2 unspecified atom stereocenters. The Morgan fingerprint density at radius 1 is 1.58 bits per heavy atom. The van der Waals surface area contributed by atoms with E-state index < -0.39 is 11.5 Å². The maximum Gasteiger partial charge on any atom is 0.324 e. The van der Waals surface area contributed by atoms with Crippen LogP contribution in [0.15, 0.2) is 0 Å². The van der Waals surface area contributed by atoms with Gasteiger partial charge >= 0.3 is 5.97 Å². The summed E-state index contributed by atoms with van der Waals surface area (Å²) in [6.07, 6.45) is 1.06. The highest BCUT2D eigenvalue weighted by atomic mass is 16.5. The van der Waals surface area contributed by atoms with Crippen LogP contribution in [0, 0.1) is 0 Å². The Bertz CT molecular complexity index is 320. The van der Waals surface area contributed by atoms with E-state index in [1.807, 2.05) is 27.7 Å². The summed E-state index contributed by atoms with van der Waals surface area (Å²) >= 11 is 0. The van der Waals surface area contributed by atoms with Gasteiger partial charge in [-0.1, -0.05) is 6.92 Å². The maximum atomic E-state index is 11.5. The van der Waals surface area contributed by atoms with E-state index in [9.17, 15) is 9.90 Å². The average Bonchev–Trinajstić information content (AvgIpc) is 2.23. The topological polar surface area (TPSA) is 61.8 Å². The number of nitrogens with one attached hydrogen (secondary N) is 1. The molecule has 0 aromatic carbocycles. The fraction of sp³-hybridized carbons (Fsp3) is 0.929. The molecule has 0 bridgehead atoms. The largest absolute Gasteiger partial charge is 0.480 e. The standard InChI is InChI=1S/C14H28N2O3/c1-6-7-15-14(5,12(17)18)10-16-8-11(2)19-13(3,4)9-16/h11,15H,6-10H2,1-5H3,(H,17,18). The molecule has 112 valence electrons. The molecule has 0 saturated carbocycles. The van der Waals surface area contributed by atoms with Crippen LogP contribution in [0.4, 0.5) is 0 Å². The normalized spacial score (nSPS) is 26.9. The van der Waals surface area contributed by atoms with Crippen molar-refractivity contribution in [1.29, 1.82) is 0 Å². The first kappa shape index (κ1) is 16.4. The van der Waals surface area contributed by atoms with E-state index in [1.54, 1.807) is 6.92 Å². The minimum Gasteiger partial charge on any atom is -0.480 e. The number of rotatable bonds is 6. The van der Waals surface area contributed by atoms with Gasteiger partial charge in [-0.25, -0.2) is 0 Å². The molecule has 2 N–H and O–H groups in total. The zero-order chi connectivity index (χ0) is 14.7. The second-order valence-corrected chi connectivity index (χ2v) is 6.42. The van der Waals surface area contributed by atoms with Gasteiger partial charge in [0.05, 0.1) is 11.7 Å². The number of morpholine rings is 1. The lowest BCUT2D eigenvalue weighted by Crippen LogP contribution is -2.61. The fourth-order valence-electron chi connectivity index (χ4n) is 2.75. The van der Waals surface area contributed by atoms with Crippen molar-refractivity contribution in [2.75, 3.05) is 26.2 Å². The lowest BCUT2D eigenvalue weighted by Gasteiger charge is -2.44. The summed E-state index contributed by atoms with van der Waals surface area (Å²) < 4.78 is 5.85. The van der Waals surface area contributed by atoms with Crippen LogP contribution in [0.2, 0.25) is 0 Å². The minimum absolute atomic E-state index is 0.132. The van der Waals surface area contributed by atoms with Crippen molar-refractivity contribution in [2.45, 2.75) is 58.3 Å². The number of carbonyl (C=O) groups is 1. The summed E-state index contributed by atoms with van der Waals surface area (Å²) in [6, 6.07) is 0. The smallest absolute Gasteiger partial charge is 0.324 e. The van der Waals surface area contributed by atoms with Gasteiger partial charge in [0.25, 0.3) is 0 Å². The number of hydrogen-bond donors (Lipinski definition) is 2. The van der Waals surface area contributed by atoms with Gasteiger partial charge in [0, 0.05) is 19.6 Å². The van der Waals surface area contributed by atoms with Crippen LogP contribution in [0.5, 0.6) is 0 Å². The zero-order valence-corrected chi connectivity index (χ0v) is 12.8. The van der Waals surface area contributed by atoms with E-state index in [1.165, 1.54) is 0 Å². The van der Waals surface area contributed by atoms with Gasteiger partial charge in [-0.15, -0.1) is 0 Å². The van der Waals surface area contributed by atoms with Gasteiger partial charge in [-0.2, -0.15) is 0 Å². The molecular weight excluding hydrogens is 244 g/mol. The summed E-state index contributed by atoms with van der Waals surface area (Å²) in [5, 5.41) is 12.6. The Morgan fingerprint density at radius 2 is 2.21 bits per heavy atom. The predicted octanol–water partition coefficient (Wildman–Crippen LogP) is 1.33. The highest BCUT2D eigenvalue weighted by Crippen LogP contribution is 2.22. The molecule has 0 aromatic rings. The van der Waals surface area contributed by atoms with Crippen molar-refractivity contribution in [3.05, 3.63) is 0 Å². The first-order valence-corrected chi connectivity index (χ1v) is 7.07. The lowest BCUT2D eigenvalue weighted by atomic mass is 9.98. The van der Waals surface area contributed by atoms with Crippen molar-refractivity contribution < 1.29 is 14.6 Å². The quantitative estimate of drug-likeness (QED) is 0.764. The molecule has 0 aromatic heterocycles. The lowest BCUT2D eigenvalue weighted by molar-refractivity contribution is -0.152. The number of aliphatic carboxylic acids is 1. The van der Waals surface area contributed by atoms with E-state index in [0.29, 0.717) is 13.1 Å². The first-order valence-electron chi connectivity index (χ1n) is 7.07. The van der Waals surface area contributed by atoms with Gasteiger partial charge in [0.15, 0.2) is 0 Å². The second-order valence-electron chi connectivity index (χ2n) is 6.42.